The Bertz CT molecular complexity index is 540. The lowest BCUT2D eigenvalue weighted by Gasteiger charge is -2.09. The smallest absolute Gasteiger partial charge is 0.122 e. The van der Waals surface area contributed by atoms with E-state index in [4.69, 9.17) is 4.74 Å². The minimum Gasteiger partial charge on any atom is -0.493 e. The van der Waals surface area contributed by atoms with Crippen LogP contribution in [0, 0.1) is 0 Å². The first kappa shape index (κ1) is 12.2. The van der Waals surface area contributed by atoms with E-state index in [1.54, 1.807) is 11.3 Å². The number of benzene rings is 1. The molecule has 1 N–H and O–H groups in total. The van der Waals surface area contributed by atoms with E-state index in [0.717, 1.165) is 25.4 Å². The molecule has 0 saturated heterocycles. The van der Waals surface area contributed by atoms with E-state index in [-0.39, 0.29) is 0 Å². The number of fused-ring (bicyclic) bond motifs is 1. The summed E-state index contributed by atoms with van der Waals surface area (Å²) >= 11 is 5.26. The molecule has 0 spiro atoms. The Morgan fingerprint density at radius 2 is 2.17 bits per heavy atom. The summed E-state index contributed by atoms with van der Waals surface area (Å²) in [6.07, 6.45) is 0. The maximum absolute atomic E-state index is 5.67. The Hall–Kier alpha value is -0.840. The normalized spacial score (nSPS) is 17.5. The summed E-state index contributed by atoms with van der Waals surface area (Å²) in [4.78, 5) is 1.36. The van der Waals surface area contributed by atoms with Gasteiger partial charge in [0.15, 0.2) is 0 Å². The first-order chi connectivity index (χ1) is 8.83. The molecule has 1 unspecified atom stereocenters. The summed E-state index contributed by atoms with van der Waals surface area (Å²) in [5, 5.41) is 3.51. The molecule has 18 heavy (non-hydrogen) atoms. The van der Waals surface area contributed by atoms with Crippen molar-refractivity contribution in [3.8, 4) is 5.75 Å². The van der Waals surface area contributed by atoms with E-state index in [1.807, 2.05) is 12.1 Å². The van der Waals surface area contributed by atoms with E-state index in [1.165, 1.54) is 14.2 Å². The molecule has 4 heteroatoms. The second-order valence-corrected chi connectivity index (χ2v) is 6.93. The Kier molecular flexibility index (Phi) is 3.68. The molecule has 2 heterocycles. The van der Waals surface area contributed by atoms with Crippen LogP contribution in [0.4, 0.5) is 0 Å². The van der Waals surface area contributed by atoms with Crippen LogP contribution in [0.2, 0.25) is 0 Å². The molecule has 0 bridgehead atoms. The Balaban J connectivity index is 1.56. The van der Waals surface area contributed by atoms with Crippen LogP contribution in [-0.4, -0.2) is 13.2 Å². The van der Waals surface area contributed by atoms with Crippen molar-refractivity contribution in [3.05, 3.63) is 50.6 Å². The van der Waals surface area contributed by atoms with E-state index >= 15 is 0 Å². The van der Waals surface area contributed by atoms with Crippen molar-refractivity contribution in [3.63, 3.8) is 0 Å². The van der Waals surface area contributed by atoms with Crippen LogP contribution in [0.25, 0.3) is 0 Å². The second-order valence-electron chi connectivity index (χ2n) is 4.38. The van der Waals surface area contributed by atoms with Gasteiger partial charge >= 0.3 is 0 Å². The number of nitrogens with one attached hydrogen (secondary N) is 1. The summed E-state index contributed by atoms with van der Waals surface area (Å²) in [7, 11) is 0. The first-order valence-corrected chi connectivity index (χ1v) is 7.60. The van der Waals surface area contributed by atoms with Crippen molar-refractivity contribution >= 4 is 27.3 Å². The molecule has 94 valence electrons. The molecule has 1 aliphatic rings. The third-order valence-electron chi connectivity index (χ3n) is 3.12. The summed E-state index contributed by atoms with van der Waals surface area (Å²) in [6.45, 7) is 2.68. The zero-order valence-corrected chi connectivity index (χ0v) is 12.3. The second kappa shape index (κ2) is 5.43. The average Bonchev–Trinajstić information content (AvgIpc) is 2.97. The zero-order valence-electron chi connectivity index (χ0n) is 9.86. The molecule has 0 saturated carbocycles. The van der Waals surface area contributed by atoms with Gasteiger partial charge < -0.3 is 10.1 Å². The molecule has 1 aromatic heterocycles. The number of rotatable bonds is 4. The van der Waals surface area contributed by atoms with Crippen molar-refractivity contribution in [1.29, 1.82) is 0 Å². The Labute approximate surface area is 119 Å². The summed E-state index contributed by atoms with van der Waals surface area (Å²) in [5.41, 5.74) is 1.33. The quantitative estimate of drug-likeness (QED) is 0.924. The van der Waals surface area contributed by atoms with Gasteiger partial charge in [0.25, 0.3) is 0 Å². The summed E-state index contributed by atoms with van der Waals surface area (Å²) in [6, 6.07) is 12.6. The molecule has 1 aromatic carbocycles. The summed E-state index contributed by atoms with van der Waals surface area (Å²) in [5.74, 6) is 1.52. The van der Waals surface area contributed by atoms with Gasteiger partial charge in [-0.15, -0.1) is 11.3 Å². The van der Waals surface area contributed by atoms with Gasteiger partial charge in [0.2, 0.25) is 0 Å². The van der Waals surface area contributed by atoms with Gasteiger partial charge in [0.1, 0.15) is 5.75 Å². The number of ether oxygens (including phenoxy) is 1. The standard InChI is InChI=1S/C14H14BrNOS/c15-14-6-5-11(18-14)8-16-7-10-9-17-13-4-2-1-3-12(10)13/h1-6,10,16H,7-9H2. The molecule has 2 aromatic rings. The predicted molar refractivity (Wildman–Crippen MR) is 78.4 cm³/mol. The van der Waals surface area contributed by atoms with E-state index in [0.29, 0.717) is 5.92 Å². The van der Waals surface area contributed by atoms with E-state index in [9.17, 15) is 0 Å². The van der Waals surface area contributed by atoms with Gasteiger partial charge in [-0.05, 0) is 34.1 Å². The molecular formula is C14H14BrNOS. The van der Waals surface area contributed by atoms with Crippen molar-refractivity contribution in [2.24, 2.45) is 0 Å². The van der Waals surface area contributed by atoms with Gasteiger partial charge in [-0.1, -0.05) is 18.2 Å². The highest BCUT2D eigenvalue weighted by Crippen LogP contribution is 2.32. The highest BCUT2D eigenvalue weighted by atomic mass is 79.9. The molecule has 3 rings (SSSR count). The largest absolute Gasteiger partial charge is 0.493 e. The molecule has 1 aliphatic heterocycles. The van der Waals surface area contributed by atoms with Crippen LogP contribution in [0.15, 0.2) is 40.2 Å². The summed E-state index contributed by atoms with van der Waals surface area (Å²) < 4.78 is 6.86. The van der Waals surface area contributed by atoms with Crippen LogP contribution >= 0.6 is 27.3 Å². The highest BCUT2D eigenvalue weighted by molar-refractivity contribution is 9.11. The van der Waals surface area contributed by atoms with Crippen LogP contribution in [-0.2, 0) is 6.54 Å². The topological polar surface area (TPSA) is 21.3 Å². The number of hydrogen-bond donors (Lipinski definition) is 1. The van der Waals surface area contributed by atoms with E-state index in [2.05, 4.69) is 45.5 Å². The third kappa shape index (κ3) is 2.60. The van der Waals surface area contributed by atoms with Gasteiger partial charge in [-0.3, -0.25) is 0 Å². The minimum absolute atomic E-state index is 0.476. The fraction of sp³-hybridized carbons (Fsp3) is 0.286. The van der Waals surface area contributed by atoms with Gasteiger partial charge in [-0.2, -0.15) is 0 Å². The van der Waals surface area contributed by atoms with Crippen LogP contribution in [0.1, 0.15) is 16.4 Å². The maximum atomic E-state index is 5.67. The van der Waals surface area contributed by atoms with Gasteiger partial charge in [0.05, 0.1) is 10.4 Å². The van der Waals surface area contributed by atoms with Crippen molar-refractivity contribution in [2.45, 2.75) is 12.5 Å². The lowest BCUT2D eigenvalue weighted by atomic mass is 10.0. The molecule has 0 radical (unpaired) electrons. The lowest BCUT2D eigenvalue weighted by Crippen LogP contribution is -2.21. The first-order valence-electron chi connectivity index (χ1n) is 5.99. The number of hydrogen-bond acceptors (Lipinski definition) is 3. The maximum Gasteiger partial charge on any atom is 0.122 e. The predicted octanol–water partition coefficient (Wildman–Crippen LogP) is 3.78. The monoisotopic (exact) mass is 323 g/mol. The SMILES string of the molecule is Brc1ccc(CNCC2COc3ccccc32)s1. The zero-order chi connectivity index (χ0) is 12.4. The molecule has 2 nitrogen and oxygen atoms in total. The molecular weight excluding hydrogens is 310 g/mol. The number of para-hydroxylation sites is 1. The Morgan fingerprint density at radius 3 is 3.00 bits per heavy atom. The van der Waals surface area contributed by atoms with Gasteiger partial charge in [-0.25, -0.2) is 0 Å². The van der Waals surface area contributed by atoms with Crippen molar-refractivity contribution in [2.75, 3.05) is 13.2 Å². The number of halogens is 1. The van der Waals surface area contributed by atoms with Crippen LogP contribution in [0.5, 0.6) is 5.75 Å². The molecule has 0 aliphatic carbocycles. The fourth-order valence-corrected chi connectivity index (χ4v) is 3.67. The van der Waals surface area contributed by atoms with E-state index < -0.39 is 0 Å². The Morgan fingerprint density at radius 1 is 1.28 bits per heavy atom. The van der Waals surface area contributed by atoms with Crippen LogP contribution in [0.3, 0.4) is 0 Å². The molecule has 0 amide bonds. The van der Waals surface area contributed by atoms with Crippen LogP contribution < -0.4 is 10.1 Å². The highest BCUT2D eigenvalue weighted by Gasteiger charge is 2.22. The molecule has 1 atom stereocenters. The van der Waals surface area contributed by atoms with Crippen molar-refractivity contribution < 1.29 is 4.74 Å². The van der Waals surface area contributed by atoms with Crippen molar-refractivity contribution in [1.82, 2.24) is 5.32 Å². The third-order valence-corrected chi connectivity index (χ3v) is 4.74. The number of thiophene rings is 1. The fourth-order valence-electron chi connectivity index (χ4n) is 2.21. The molecule has 0 fully saturated rings. The van der Waals surface area contributed by atoms with Gasteiger partial charge in [0, 0.05) is 29.4 Å². The minimum atomic E-state index is 0.476. The lowest BCUT2D eigenvalue weighted by molar-refractivity contribution is 0.326. The average molecular weight is 324 g/mol.